The van der Waals surface area contributed by atoms with E-state index in [0.717, 1.165) is 28.1 Å². The largest absolute Gasteiger partial charge is 0.467 e. The van der Waals surface area contributed by atoms with Crippen LogP contribution in [0.5, 0.6) is 0 Å². The lowest BCUT2D eigenvalue weighted by Crippen LogP contribution is -2.27. The number of aryl methyl sites for hydroxylation is 1. The number of amides is 1. The number of hydrogen-bond donors (Lipinski definition) is 1. The molecule has 0 fully saturated rings. The van der Waals surface area contributed by atoms with Crippen LogP contribution in [0.2, 0.25) is 0 Å². The maximum Gasteiger partial charge on any atom is 0.242 e. The molecular weight excluding hydrogens is 342 g/mol. The van der Waals surface area contributed by atoms with E-state index in [1.165, 1.54) is 0 Å². The van der Waals surface area contributed by atoms with Crippen LogP contribution >= 0.6 is 0 Å². The molecule has 1 amide bonds. The Morgan fingerprint density at radius 2 is 2.04 bits per heavy atom. The van der Waals surface area contributed by atoms with Crippen LogP contribution in [0, 0.1) is 0 Å². The zero-order valence-corrected chi connectivity index (χ0v) is 14.9. The van der Waals surface area contributed by atoms with E-state index in [9.17, 15) is 4.79 Å². The number of nitrogens with zero attached hydrogens (tertiary/aromatic N) is 4. The molecule has 0 atom stereocenters. The molecule has 0 unspecified atom stereocenters. The molecule has 7 heteroatoms. The number of carbonyl (C=O) groups excluding carboxylic acids is 1. The normalized spacial score (nSPS) is 10.9. The van der Waals surface area contributed by atoms with Gasteiger partial charge in [0.05, 0.1) is 24.7 Å². The number of aromatic nitrogens is 4. The quantitative estimate of drug-likeness (QED) is 0.573. The van der Waals surface area contributed by atoms with Crippen LogP contribution in [0.25, 0.3) is 22.4 Å². The van der Waals surface area contributed by atoms with E-state index in [1.54, 1.807) is 27.9 Å². The van der Waals surface area contributed by atoms with Crippen LogP contribution in [0.4, 0.5) is 0 Å². The SMILES string of the molecule is Cn1cc(-c2cccc(-c3ccn(CC(=O)NCc4ccco4)n3)c2)cn1. The van der Waals surface area contributed by atoms with Crippen molar-refractivity contribution in [3.8, 4) is 22.4 Å². The maximum atomic E-state index is 12.1. The van der Waals surface area contributed by atoms with Crippen molar-refractivity contribution in [1.29, 1.82) is 0 Å². The van der Waals surface area contributed by atoms with Crippen molar-refractivity contribution in [3.63, 3.8) is 0 Å². The summed E-state index contributed by atoms with van der Waals surface area (Å²) in [6.07, 6.45) is 7.20. The highest BCUT2D eigenvalue weighted by Gasteiger charge is 2.08. The topological polar surface area (TPSA) is 77.9 Å². The molecule has 7 nitrogen and oxygen atoms in total. The standard InChI is InChI=1S/C20H19N5O2/c1-24-13-17(11-22-24)15-4-2-5-16(10-15)19-7-8-25(23-19)14-20(26)21-12-18-6-3-9-27-18/h2-11,13H,12,14H2,1H3,(H,21,26). The molecule has 0 aliphatic rings. The molecule has 0 radical (unpaired) electrons. The Balaban J connectivity index is 1.44. The summed E-state index contributed by atoms with van der Waals surface area (Å²) < 4.78 is 8.61. The summed E-state index contributed by atoms with van der Waals surface area (Å²) >= 11 is 0. The average molecular weight is 361 g/mol. The molecule has 0 aliphatic carbocycles. The number of hydrogen-bond acceptors (Lipinski definition) is 4. The molecule has 4 rings (SSSR count). The minimum Gasteiger partial charge on any atom is -0.467 e. The Kier molecular flexibility index (Phi) is 4.57. The molecule has 4 aromatic rings. The number of benzene rings is 1. The Bertz CT molecular complexity index is 1050. The minimum absolute atomic E-state index is 0.120. The van der Waals surface area contributed by atoms with Gasteiger partial charge in [-0.05, 0) is 29.8 Å². The average Bonchev–Trinajstić information content (AvgIpc) is 3.42. The summed E-state index contributed by atoms with van der Waals surface area (Å²) in [5, 5.41) is 11.5. The molecule has 3 aromatic heterocycles. The number of nitrogens with one attached hydrogen (secondary N) is 1. The van der Waals surface area contributed by atoms with Gasteiger partial charge < -0.3 is 9.73 Å². The second-order valence-electron chi connectivity index (χ2n) is 6.24. The van der Waals surface area contributed by atoms with Gasteiger partial charge in [-0.3, -0.25) is 14.2 Å². The fraction of sp³-hybridized carbons (Fsp3) is 0.150. The van der Waals surface area contributed by atoms with E-state index in [4.69, 9.17) is 4.42 Å². The third-order valence-electron chi connectivity index (χ3n) is 4.18. The molecule has 1 N–H and O–H groups in total. The molecule has 136 valence electrons. The molecule has 3 heterocycles. The Hall–Kier alpha value is -3.61. The van der Waals surface area contributed by atoms with Gasteiger partial charge in [0.1, 0.15) is 12.3 Å². The van der Waals surface area contributed by atoms with Crippen LogP contribution < -0.4 is 5.32 Å². The Morgan fingerprint density at radius 1 is 1.15 bits per heavy atom. The molecule has 0 bridgehead atoms. The Morgan fingerprint density at radius 3 is 2.81 bits per heavy atom. The zero-order chi connectivity index (χ0) is 18.6. The molecular formula is C20H19N5O2. The number of furan rings is 1. The summed E-state index contributed by atoms with van der Waals surface area (Å²) in [6.45, 7) is 0.524. The van der Waals surface area contributed by atoms with E-state index >= 15 is 0 Å². The van der Waals surface area contributed by atoms with E-state index in [0.29, 0.717) is 6.54 Å². The van der Waals surface area contributed by atoms with Crippen molar-refractivity contribution in [2.45, 2.75) is 13.1 Å². The van der Waals surface area contributed by atoms with E-state index in [2.05, 4.69) is 21.6 Å². The van der Waals surface area contributed by atoms with Gasteiger partial charge in [-0.1, -0.05) is 18.2 Å². The van der Waals surface area contributed by atoms with Gasteiger partial charge in [0.2, 0.25) is 5.91 Å². The highest BCUT2D eigenvalue weighted by molar-refractivity contribution is 5.75. The minimum atomic E-state index is -0.120. The van der Waals surface area contributed by atoms with E-state index in [1.807, 2.05) is 49.8 Å². The van der Waals surface area contributed by atoms with Crippen molar-refractivity contribution < 1.29 is 9.21 Å². The second kappa shape index (κ2) is 7.33. The van der Waals surface area contributed by atoms with E-state index < -0.39 is 0 Å². The van der Waals surface area contributed by atoms with Crippen molar-refractivity contribution in [2.24, 2.45) is 7.05 Å². The molecule has 27 heavy (non-hydrogen) atoms. The molecule has 1 aromatic carbocycles. The van der Waals surface area contributed by atoms with Gasteiger partial charge in [0.25, 0.3) is 0 Å². The van der Waals surface area contributed by atoms with Crippen molar-refractivity contribution >= 4 is 5.91 Å². The summed E-state index contributed by atoms with van der Waals surface area (Å²) in [7, 11) is 1.89. The fourth-order valence-electron chi connectivity index (χ4n) is 2.83. The van der Waals surface area contributed by atoms with Crippen molar-refractivity contribution in [1.82, 2.24) is 24.9 Å². The smallest absolute Gasteiger partial charge is 0.242 e. The van der Waals surface area contributed by atoms with E-state index in [-0.39, 0.29) is 12.5 Å². The fourth-order valence-corrected chi connectivity index (χ4v) is 2.83. The van der Waals surface area contributed by atoms with Gasteiger partial charge in [-0.15, -0.1) is 0 Å². The first-order chi connectivity index (χ1) is 13.2. The van der Waals surface area contributed by atoms with Crippen LogP contribution in [0.15, 0.2) is 71.7 Å². The molecule has 0 spiro atoms. The third-order valence-corrected chi connectivity index (χ3v) is 4.18. The lowest BCUT2D eigenvalue weighted by Gasteiger charge is -2.04. The lowest BCUT2D eigenvalue weighted by molar-refractivity contribution is -0.122. The Labute approximate surface area is 156 Å². The van der Waals surface area contributed by atoms with Crippen LogP contribution in [-0.4, -0.2) is 25.5 Å². The van der Waals surface area contributed by atoms with Crippen LogP contribution in [-0.2, 0) is 24.9 Å². The van der Waals surface area contributed by atoms with Crippen molar-refractivity contribution in [2.75, 3.05) is 0 Å². The molecule has 0 saturated carbocycles. The number of carbonyl (C=O) groups is 1. The third kappa shape index (κ3) is 3.98. The number of rotatable bonds is 6. The predicted octanol–water partition coefficient (Wildman–Crippen LogP) is 2.86. The van der Waals surface area contributed by atoms with Gasteiger partial charge >= 0.3 is 0 Å². The van der Waals surface area contributed by atoms with Gasteiger partial charge in [0, 0.05) is 30.6 Å². The van der Waals surface area contributed by atoms with Gasteiger partial charge in [-0.25, -0.2) is 0 Å². The highest BCUT2D eigenvalue weighted by Crippen LogP contribution is 2.24. The van der Waals surface area contributed by atoms with Crippen LogP contribution in [0.3, 0.4) is 0 Å². The summed E-state index contributed by atoms with van der Waals surface area (Å²) in [6, 6.07) is 13.6. The maximum absolute atomic E-state index is 12.1. The monoisotopic (exact) mass is 361 g/mol. The summed E-state index contributed by atoms with van der Waals surface area (Å²) in [4.78, 5) is 12.1. The lowest BCUT2D eigenvalue weighted by atomic mass is 10.0. The predicted molar refractivity (Wildman–Crippen MR) is 100 cm³/mol. The zero-order valence-electron chi connectivity index (χ0n) is 14.9. The van der Waals surface area contributed by atoms with Crippen molar-refractivity contribution in [3.05, 3.63) is 73.1 Å². The van der Waals surface area contributed by atoms with Gasteiger partial charge in [-0.2, -0.15) is 10.2 Å². The molecule has 0 saturated heterocycles. The first-order valence-electron chi connectivity index (χ1n) is 8.59. The first-order valence-corrected chi connectivity index (χ1v) is 8.59. The van der Waals surface area contributed by atoms with Gasteiger partial charge in [0.15, 0.2) is 0 Å². The summed E-state index contributed by atoms with van der Waals surface area (Å²) in [5.74, 6) is 0.599. The second-order valence-corrected chi connectivity index (χ2v) is 6.24. The van der Waals surface area contributed by atoms with Crippen LogP contribution in [0.1, 0.15) is 5.76 Å². The molecule has 0 aliphatic heterocycles. The first kappa shape index (κ1) is 16.8. The highest BCUT2D eigenvalue weighted by atomic mass is 16.3. The summed E-state index contributed by atoms with van der Waals surface area (Å²) in [5.41, 5.74) is 3.94.